The number of fused-ring (bicyclic) bond motifs is 2. The van der Waals surface area contributed by atoms with Crippen molar-refractivity contribution in [3.63, 3.8) is 0 Å². The number of hydrogen-bond donors (Lipinski definition) is 1. The maximum atomic E-state index is 13.1. The third kappa shape index (κ3) is 3.44. The van der Waals surface area contributed by atoms with Gasteiger partial charge in [0.15, 0.2) is 11.5 Å². The van der Waals surface area contributed by atoms with Gasteiger partial charge in [0.05, 0.1) is 12.5 Å². The Labute approximate surface area is 182 Å². The molecule has 0 radical (unpaired) electrons. The Kier molecular flexibility index (Phi) is 5.08. The topological polar surface area (TPSA) is 67.9 Å². The Hall–Kier alpha value is -3.02. The van der Waals surface area contributed by atoms with Gasteiger partial charge in [0.2, 0.25) is 11.8 Å². The average molecular weight is 421 g/mol. The largest absolute Gasteiger partial charge is 0.493 e. The molecule has 2 aliphatic heterocycles. The van der Waals surface area contributed by atoms with Crippen LogP contribution in [0.25, 0.3) is 0 Å². The predicted octanol–water partition coefficient (Wildman–Crippen LogP) is 3.89. The predicted molar refractivity (Wildman–Crippen MR) is 117 cm³/mol. The first-order valence-electron chi connectivity index (χ1n) is 11.1. The third-order valence-corrected chi connectivity index (χ3v) is 7.12. The van der Waals surface area contributed by atoms with Crippen molar-refractivity contribution in [2.24, 2.45) is 5.92 Å². The van der Waals surface area contributed by atoms with Gasteiger partial charge in [-0.3, -0.25) is 9.59 Å². The van der Waals surface area contributed by atoms with Crippen LogP contribution in [0.2, 0.25) is 0 Å². The van der Waals surface area contributed by atoms with Crippen molar-refractivity contribution >= 4 is 17.5 Å². The van der Waals surface area contributed by atoms with Crippen molar-refractivity contribution in [2.45, 2.75) is 44.1 Å². The minimum Gasteiger partial charge on any atom is -0.493 e. The molecule has 2 amide bonds. The number of ether oxygens (including phenoxy) is 2. The summed E-state index contributed by atoms with van der Waals surface area (Å²) in [5.41, 5.74) is 2.20. The zero-order valence-corrected chi connectivity index (χ0v) is 17.9. The number of anilines is 1. The number of hydrogen-bond acceptors (Lipinski definition) is 4. The highest BCUT2D eigenvalue weighted by Crippen LogP contribution is 2.49. The van der Waals surface area contributed by atoms with E-state index in [1.54, 1.807) is 7.11 Å². The summed E-state index contributed by atoms with van der Waals surface area (Å²) in [7, 11) is 1.62. The standard InChI is InChI=1S/C25H28N2O4/c1-30-21-14-19-20(15-22(21)31-16-17-6-3-2-4-7-17)26-24(29)25(19)10-12-27(13-11-25)23(28)18-8-5-9-18/h2-4,6-7,14-15,18H,5,8-13,16H2,1H3,(H,26,29). The monoisotopic (exact) mass is 420 g/mol. The van der Waals surface area contributed by atoms with E-state index in [0.717, 1.165) is 36.1 Å². The summed E-state index contributed by atoms with van der Waals surface area (Å²) in [5.74, 6) is 1.71. The summed E-state index contributed by atoms with van der Waals surface area (Å²) in [5, 5.41) is 3.06. The van der Waals surface area contributed by atoms with Crippen LogP contribution in [0.1, 0.15) is 43.2 Å². The molecule has 2 aromatic rings. The second kappa shape index (κ2) is 7.91. The smallest absolute Gasteiger partial charge is 0.235 e. The molecule has 1 N–H and O–H groups in total. The van der Waals surface area contributed by atoms with E-state index in [9.17, 15) is 9.59 Å². The van der Waals surface area contributed by atoms with Gasteiger partial charge in [-0.25, -0.2) is 0 Å². The van der Waals surface area contributed by atoms with Gasteiger partial charge in [-0.05, 0) is 42.9 Å². The molecule has 1 saturated heterocycles. The van der Waals surface area contributed by atoms with E-state index in [-0.39, 0.29) is 17.7 Å². The number of likely N-dealkylation sites (tertiary alicyclic amines) is 1. The van der Waals surface area contributed by atoms with E-state index in [4.69, 9.17) is 9.47 Å². The maximum absolute atomic E-state index is 13.1. The van der Waals surface area contributed by atoms with Crippen LogP contribution in [0.4, 0.5) is 5.69 Å². The fourth-order valence-electron chi connectivity index (χ4n) is 4.95. The number of methoxy groups -OCH3 is 1. The number of rotatable bonds is 5. The lowest BCUT2D eigenvalue weighted by atomic mass is 9.73. The van der Waals surface area contributed by atoms with E-state index in [2.05, 4.69) is 5.32 Å². The van der Waals surface area contributed by atoms with Gasteiger partial charge < -0.3 is 19.7 Å². The van der Waals surface area contributed by atoms with Crippen LogP contribution in [0.5, 0.6) is 11.5 Å². The molecule has 0 aromatic heterocycles. The molecule has 31 heavy (non-hydrogen) atoms. The number of nitrogens with zero attached hydrogens (tertiary/aromatic N) is 1. The van der Waals surface area contributed by atoms with Gasteiger partial charge in [-0.2, -0.15) is 0 Å². The van der Waals surface area contributed by atoms with Crippen molar-refractivity contribution in [3.05, 3.63) is 53.6 Å². The molecule has 5 rings (SSSR count). The van der Waals surface area contributed by atoms with E-state index in [1.165, 1.54) is 0 Å². The van der Waals surface area contributed by atoms with Gasteiger partial charge in [0.25, 0.3) is 0 Å². The third-order valence-electron chi connectivity index (χ3n) is 7.12. The van der Waals surface area contributed by atoms with Gasteiger partial charge in [0.1, 0.15) is 6.61 Å². The first kappa shape index (κ1) is 19.9. The Morgan fingerprint density at radius 3 is 2.52 bits per heavy atom. The van der Waals surface area contributed by atoms with Crippen LogP contribution in [0.15, 0.2) is 42.5 Å². The molecule has 1 saturated carbocycles. The Bertz CT molecular complexity index is 992. The second-order valence-electron chi connectivity index (χ2n) is 8.81. The molecular formula is C25H28N2O4. The zero-order chi connectivity index (χ0) is 21.4. The number of nitrogens with one attached hydrogen (secondary N) is 1. The van der Waals surface area contributed by atoms with Crippen LogP contribution >= 0.6 is 0 Å². The van der Waals surface area contributed by atoms with Crippen molar-refractivity contribution in [3.8, 4) is 11.5 Å². The molecule has 6 heteroatoms. The van der Waals surface area contributed by atoms with E-state index in [1.807, 2.05) is 47.4 Å². The van der Waals surface area contributed by atoms with Crippen molar-refractivity contribution in [1.82, 2.24) is 4.90 Å². The highest BCUT2D eigenvalue weighted by molar-refractivity contribution is 6.07. The van der Waals surface area contributed by atoms with Crippen LogP contribution < -0.4 is 14.8 Å². The van der Waals surface area contributed by atoms with Gasteiger partial charge in [-0.1, -0.05) is 36.8 Å². The summed E-state index contributed by atoms with van der Waals surface area (Å²) >= 11 is 0. The number of carbonyl (C=O) groups is 2. The molecule has 1 spiro atoms. The van der Waals surface area contributed by atoms with Crippen molar-refractivity contribution in [2.75, 3.05) is 25.5 Å². The summed E-state index contributed by atoms with van der Waals surface area (Å²) in [6.45, 7) is 1.67. The lowest BCUT2D eigenvalue weighted by Gasteiger charge is -2.40. The Morgan fingerprint density at radius 2 is 1.87 bits per heavy atom. The summed E-state index contributed by atoms with van der Waals surface area (Å²) in [6.07, 6.45) is 4.44. The molecule has 0 unspecified atom stereocenters. The van der Waals surface area contributed by atoms with Gasteiger partial charge in [0, 0.05) is 30.8 Å². The quantitative estimate of drug-likeness (QED) is 0.797. The number of carbonyl (C=O) groups excluding carboxylic acids is 2. The fourth-order valence-corrected chi connectivity index (χ4v) is 4.95. The number of benzene rings is 2. The molecule has 2 fully saturated rings. The zero-order valence-electron chi connectivity index (χ0n) is 17.9. The minimum absolute atomic E-state index is 0.0144. The first-order valence-corrected chi connectivity index (χ1v) is 11.1. The van der Waals surface area contributed by atoms with E-state index < -0.39 is 5.41 Å². The van der Waals surface area contributed by atoms with Crippen LogP contribution in [0.3, 0.4) is 0 Å². The molecule has 1 aliphatic carbocycles. The molecule has 6 nitrogen and oxygen atoms in total. The Balaban J connectivity index is 1.36. The van der Waals surface area contributed by atoms with Gasteiger partial charge in [-0.15, -0.1) is 0 Å². The highest BCUT2D eigenvalue weighted by Gasteiger charge is 2.50. The lowest BCUT2D eigenvalue weighted by molar-refractivity contribution is -0.141. The molecule has 2 heterocycles. The fraction of sp³-hybridized carbons (Fsp3) is 0.440. The van der Waals surface area contributed by atoms with Crippen LogP contribution in [0, 0.1) is 5.92 Å². The summed E-state index contributed by atoms with van der Waals surface area (Å²) in [6, 6.07) is 13.8. The highest BCUT2D eigenvalue weighted by atomic mass is 16.5. The summed E-state index contributed by atoms with van der Waals surface area (Å²) < 4.78 is 11.6. The number of amides is 2. The molecule has 0 bridgehead atoms. The molecule has 162 valence electrons. The molecule has 0 atom stereocenters. The van der Waals surface area contributed by atoms with Crippen LogP contribution in [-0.4, -0.2) is 36.9 Å². The normalized spacial score (nSPS) is 19.5. The molecule has 2 aromatic carbocycles. The minimum atomic E-state index is -0.600. The van der Waals surface area contributed by atoms with Crippen molar-refractivity contribution in [1.29, 1.82) is 0 Å². The molecule has 3 aliphatic rings. The maximum Gasteiger partial charge on any atom is 0.235 e. The van der Waals surface area contributed by atoms with E-state index >= 15 is 0 Å². The first-order chi connectivity index (χ1) is 15.1. The number of piperidine rings is 1. The SMILES string of the molecule is COc1cc2c(cc1OCc1ccccc1)NC(=O)C21CCN(C(=O)C2CCC2)CC1. The van der Waals surface area contributed by atoms with Gasteiger partial charge >= 0.3 is 0 Å². The van der Waals surface area contributed by atoms with Crippen LogP contribution in [-0.2, 0) is 21.6 Å². The average Bonchev–Trinajstić information content (AvgIpc) is 3.01. The van der Waals surface area contributed by atoms with Crippen molar-refractivity contribution < 1.29 is 19.1 Å². The molecular weight excluding hydrogens is 392 g/mol. The van der Waals surface area contributed by atoms with E-state index in [0.29, 0.717) is 44.0 Å². The second-order valence-corrected chi connectivity index (χ2v) is 8.81. The Morgan fingerprint density at radius 1 is 1.13 bits per heavy atom. The summed E-state index contributed by atoms with van der Waals surface area (Å²) in [4.78, 5) is 27.7. The lowest BCUT2D eigenvalue weighted by Crippen LogP contribution is -2.50.